The average Bonchev–Trinajstić information content (AvgIpc) is 2.83. The number of ether oxygens (including phenoxy) is 2. The highest BCUT2D eigenvalue weighted by Gasteiger charge is 2.37. The molecule has 37 heavy (non-hydrogen) atoms. The highest BCUT2D eigenvalue weighted by atomic mass is 79.9. The SMILES string of the molecule is CCOc1cc(/C=C2\C(=O)NC(=O)N(c3cc(C)ccc3C)C2=O)cc(Br)c1OCc1cccc(F)c1. The number of imide groups is 2. The molecular weight excluding hydrogens is 543 g/mol. The number of hydrogen-bond donors (Lipinski definition) is 1. The van der Waals surface area contributed by atoms with E-state index in [0.717, 1.165) is 10.5 Å². The van der Waals surface area contributed by atoms with Crippen LogP contribution in [-0.4, -0.2) is 24.5 Å². The molecule has 0 spiro atoms. The Bertz CT molecular complexity index is 1440. The first-order valence-corrected chi connectivity index (χ1v) is 12.3. The molecule has 1 N–H and O–H groups in total. The lowest BCUT2D eigenvalue weighted by Gasteiger charge is -2.28. The Labute approximate surface area is 222 Å². The van der Waals surface area contributed by atoms with Crippen molar-refractivity contribution in [3.8, 4) is 11.5 Å². The van der Waals surface area contributed by atoms with Gasteiger partial charge in [-0.05, 0) is 95.4 Å². The highest BCUT2D eigenvalue weighted by molar-refractivity contribution is 9.10. The van der Waals surface area contributed by atoms with E-state index in [9.17, 15) is 18.8 Å². The number of amides is 4. The minimum absolute atomic E-state index is 0.102. The van der Waals surface area contributed by atoms with Crippen molar-refractivity contribution in [3.05, 3.63) is 92.7 Å². The van der Waals surface area contributed by atoms with Crippen LogP contribution in [0.2, 0.25) is 0 Å². The van der Waals surface area contributed by atoms with Crippen molar-refractivity contribution in [2.24, 2.45) is 0 Å². The molecule has 0 saturated carbocycles. The van der Waals surface area contributed by atoms with Gasteiger partial charge in [0.1, 0.15) is 18.0 Å². The number of nitrogens with zero attached hydrogens (tertiary/aromatic N) is 1. The number of carbonyl (C=O) groups is 3. The van der Waals surface area contributed by atoms with Crippen molar-refractivity contribution < 1.29 is 28.2 Å². The minimum atomic E-state index is -0.807. The van der Waals surface area contributed by atoms with Gasteiger partial charge < -0.3 is 9.47 Å². The molecule has 7 nitrogen and oxygen atoms in total. The second-order valence-corrected chi connectivity index (χ2v) is 9.28. The number of barbiturate groups is 1. The number of anilines is 1. The molecule has 0 radical (unpaired) electrons. The van der Waals surface area contributed by atoms with Crippen LogP contribution in [0.15, 0.2) is 64.6 Å². The van der Waals surface area contributed by atoms with Gasteiger partial charge in [0, 0.05) is 0 Å². The van der Waals surface area contributed by atoms with Crippen LogP contribution in [0.3, 0.4) is 0 Å². The first kappa shape index (κ1) is 26.1. The summed E-state index contributed by atoms with van der Waals surface area (Å²) in [4.78, 5) is 39.6. The molecule has 0 aliphatic carbocycles. The molecule has 1 aliphatic heterocycles. The largest absolute Gasteiger partial charge is 0.490 e. The molecule has 1 saturated heterocycles. The van der Waals surface area contributed by atoms with Gasteiger partial charge in [0.05, 0.1) is 16.8 Å². The predicted octanol–water partition coefficient (Wildman–Crippen LogP) is 5.85. The Morgan fingerprint density at radius 3 is 2.54 bits per heavy atom. The first-order valence-electron chi connectivity index (χ1n) is 11.5. The van der Waals surface area contributed by atoms with Crippen molar-refractivity contribution >= 4 is 45.5 Å². The maximum atomic E-state index is 13.5. The third-order valence-electron chi connectivity index (χ3n) is 5.62. The van der Waals surface area contributed by atoms with E-state index in [-0.39, 0.29) is 18.0 Å². The summed E-state index contributed by atoms with van der Waals surface area (Å²) < 4.78 is 25.7. The standard InChI is InChI=1S/C28H24BrFN2O5/c1-4-36-24-14-19(13-22(29)25(24)37-15-18-6-5-7-20(30)11-18)12-21-26(33)31-28(35)32(27(21)34)23-10-16(2)8-9-17(23)3/h5-14H,4,15H2,1-3H3,(H,31,33,35)/b21-12+. The molecular formula is C28H24BrFN2O5. The number of aryl methyl sites for hydroxylation is 2. The fraction of sp³-hybridized carbons (Fsp3) is 0.179. The summed E-state index contributed by atoms with van der Waals surface area (Å²) in [7, 11) is 0. The van der Waals surface area contributed by atoms with Crippen LogP contribution in [0.5, 0.6) is 11.5 Å². The van der Waals surface area contributed by atoms with Gasteiger partial charge in [0.25, 0.3) is 11.8 Å². The molecule has 1 fully saturated rings. The topological polar surface area (TPSA) is 84.9 Å². The van der Waals surface area contributed by atoms with E-state index in [1.807, 2.05) is 13.0 Å². The third kappa shape index (κ3) is 5.72. The smallest absolute Gasteiger partial charge is 0.335 e. The van der Waals surface area contributed by atoms with Crippen LogP contribution in [0.25, 0.3) is 6.08 Å². The Hall–Kier alpha value is -3.98. The molecule has 1 aliphatic rings. The Kier molecular flexibility index (Phi) is 7.73. The quantitative estimate of drug-likeness (QED) is 0.286. The zero-order chi connectivity index (χ0) is 26.7. The fourth-order valence-electron chi connectivity index (χ4n) is 3.86. The second-order valence-electron chi connectivity index (χ2n) is 8.43. The van der Waals surface area contributed by atoms with Gasteiger partial charge in [-0.15, -0.1) is 0 Å². The van der Waals surface area contributed by atoms with E-state index in [1.165, 1.54) is 18.2 Å². The fourth-order valence-corrected chi connectivity index (χ4v) is 4.43. The van der Waals surface area contributed by atoms with E-state index in [2.05, 4.69) is 21.2 Å². The summed E-state index contributed by atoms with van der Waals surface area (Å²) in [5.74, 6) is -1.14. The molecule has 4 rings (SSSR count). The molecule has 1 heterocycles. The van der Waals surface area contributed by atoms with Crippen LogP contribution in [0.1, 0.15) is 29.2 Å². The van der Waals surface area contributed by atoms with E-state index < -0.39 is 17.8 Å². The van der Waals surface area contributed by atoms with Gasteiger partial charge in [0.15, 0.2) is 11.5 Å². The molecule has 190 valence electrons. The lowest BCUT2D eigenvalue weighted by molar-refractivity contribution is -0.122. The summed E-state index contributed by atoms with van der Waals surface area (Å²) in [5, 5.41) is 2.24. The Morgan fingerprint density at radius 1 is 1.03 bits per heavy atom. The number of rotatable bonds is 7. The van der Waals surface area contributed by atoms with Gasteiger partial charge >= 0.3 is 6.03 Å². The summed E-state index contributed by atoms with van der Waals surface area (Å²) in [5.41, 5.74) is 2.89. The van der Waals surface area contributed by atoms with E-state index >= 15 is 0 Å². The molecule has 3 aromatic rings. The lowest BCUT2D eigenvalue weighted by Crippen LogP contribution is -2.54. The van der Waals surface area contributed by atoms with Crippen LogP contribution >= 0.6 is 15.9 Å². The average molecular weight is 567 g/mol. The van der Waals surface area contributed by atoms with Crippen molar-refractivity contribution in [2.75, 3.05) is 11.5 Å². The monoisotopic (exact) mass is 566 g/mol. The molecule has 0 bridgehead atoms. The van der Waals surface area contributed by atoms with Crippen molar-refractivity contribution in [2.45, 2.75) is 27.4 Å². The predicted molar refractivity (Wildman–Crippen MR) is 141 cm³/mol. The number of hydrogen-bond acceptors (Lipinski definition) is 5. The Morgan fingerprint density at radius 2 is 1.81 bits per heavy atom. The molecule has 0 atom stereocenters. The highest BCUT2D eigenvalue weighted by Crippen LogP contribution is 2.38. The van der Waals surface area contributed by atoms with Gasteiger partial charge in [-0.2, -0.15) is 0 Å². The summed E-state index contributed by atoms with van der Waals surface area (Å²) in [6.07, 6.45) is 1.39. The molecule has 0 unspecified atom stereocenters. The number of halogens is 2. The lowest BCUT2D eigenvalue weighted by atomic mass is 10.0. The maximum Gasteiger partial charge on any atom is 0.335 e. The van der Waals surface area contributed by atoms with Crippen LogP contribution in [0, 0.1) is 19.7 Å². The van der Waals surface area contributed by atoms with Gasteiger partial charge in [-0.3, -0.25) is 14.9 Å². The summed E-state index contributed by atoms with van der Waals surface area (Å²) in [6, 6.07) is 13.9. The van der Waals surface area contributed by atoms with Crippen LogP contribution in [0.4, 0.5) is 14.9 Å². The second kappa shape index (κ2) is 11.0. The maximum absolute atomic E-state index is 13.5. The van der Waals surface area contributed by atoms with Crippen molar-refractivity contribution in [3.63, 3.8) is 0 Å². The zero-order valence-electron chi connectivity index (χ0n) is 20.4. The van der Waals surface area contributed by atoms with E-state index in [1.54, 1.807) is 50.2 Å². The number of nitrogens with one attached hydrogen (secondary N) is 1. The number of carbonyl (C=O) groups excluding carboxylic acids is 3. The van der Waals surface area contributed by atoms with Crippen molar-refractivity contribution in [1.82, 2.24) is 5.32 Å². The number of benzene rings is 3. The molecule has 0 aromatic heterocycles. The number of urea groups is 1. The normalized spacial score (nSPS) is 14.7. The molecule has 3 aromatic carbocycles. The zero-order valence-corrected chi connectivity index (χ0v) is 22.0. The van der Waals surface area contributed by atoms with Gasteiger partial charge in [-0.25, -0.2) is 14.1 Å². The van der Waals surface area contributed by atoms with Gasteiger partial charge in [-0.1, -0.05) is 24.3 Å². The Balaban J connectivity index is 1.68. The van der Waals surface area contributed by atoms with Gasteiger partial charge in [0.2, 0.25) is 0 Å². The summed E-state index contributed by atoms with van der Waals surface area (Å²) in [6.45, 7) is 5.87. The first-order chi connectivity index (χ1) is 17.7. The van der Waals surface area contributed by atoms with Crippen LogP contribution < -0.4 is 19.7 Å². The van der Waals surface area contributed by atoms with E-state index in [0.29, 0.717) is 45.0 Å². The van der Waals surface area contributed by atoms with E-state index in [4.69, 9.17) is 9.47 Å². The minimum Gasteiger partial charge on any atom is -0.490 e. The van der Waals surface area contributed by atoms with Crippen LogP contribution in [-0.2, 0) is 16.2 Å². The summed E-state index contributed by atoms with van der Waals surface area (Å²) >= 11 is 3.47. The molecule has 9 heteroatoms. The molecule has 4 amide bonds. The van der Waals surface area contributed by atoms with Crippen molar-refractivity contribution in [1.29, 1.82) is 0 Å². The third-order valence-corrected chi connectivity index (χ3v) is 6.21.